The van der Waals surface area contributed by atoms with Gasteiger partial charge in [-0.15, -0.1) is 13.2 Å². The third kappa shape index (κ3) is 2.47. The quantitative estimate of drug-likeness (QED) is 0.846. The fourth-order valence-corrected chi connectivity index (χ4v) is 3.45. The summed E-state index contributed by atoms with van der Waals surface area (Å²) in [6.45, 7) is 0. The van der Waals surface area contributed by atoms with E-state index < -0.39 is 11.8 Å². The van der Waals surface area contributed by atoms with E-state index >= 15 is 0 Å². The highest BCUT2D eigenvalue weighted by Crippen LogP contribution is 2.50. The lowest BCUT2D eigenvalue weighted by molar-refractivity contribution is -0.274. The van der Waals surface area contributed by atoms with E-state index in [1.807, 2.05) is 0 Å². The molecule has 2 aliphatic rings. The van der Waals surface area contributed by atoms with E-state index in [0.717, 1.165) is 25.7 Å². The predicted molar refractivity (Wildman–Crippen MR) is 71.1 cm³/mol. The maximum Gasteiger partial charge on any atom is 0.573 e. The number of hydrogen-bond acceptors (Lipinski definition) is 2. The molecule has 114 valence electrons. The average molecular weight is 299 g/mol. The van der Waals surface area contributed by atoms with E-state index in [2.05, 4.69) is 10.1 Å². The summed E-state index contributed by atoms with van der Waals surface area (Å²) in [6.07, 6.45) is 0.544. The van der Waals surface area contributed by atoms with E-state index in [-0.39, 0.29) is 17.3 Å². The van der Waals surface area contributed by atoms with Gasteiger partial charge in [0, 0.05) is 0 Å². The third-order valence-electron chi connectivity index (χ3n) is 4.40. The first-order valence-corrected chi connectivity index (χ1v) is 7.13. The van der Waals surface area contributed by atoms with Gasteiger partial charge in [-0.05, 0) is 24.5 Å². The number of nitrogens with one attached hydrogen (secondary N) is 1. The summed E-state index contributed by atoms with van der Waals surface area (Å²) in [5.41, 5.74) is 0.148. The van der Waals surface area contributed by atoms with E-state index in [1.165, 1.54) is 12.1 Å². The molecule has 6 heteroatoms. The maximum atomic E-state index is 12.5. The highest BCUT2D eigenvalue weighted by atomic mass is 19.4. The van der Waals surface area contributed by atoms with Crippen molar-refractivity contribution in [3.63, 3.8) is 0 Å². The molecular weight excluding hydrogens is 283 g/mol. The smallest absolute Gasteiger partial charge is 0.404 e. The lowest BCUT2D eigenvalue weighted by Crippen LogP contribution is -2.33. The van der Waals surface area contributed by atoms with Gasteiger partial charge in [-0.25, -0.2) is 0 Å². The number of amides is 1. The van der Waals surface area contributed by atoms with Crippen molar-refractivity contribution in [3.05, 3.63) is 23.8 Å². The fourth-order valence-electron chi connectivity index (χ4n) is 3.45. The maximum absolute atomic E-state index is 12.5. The van der Waals surface area contributed by atoms with E-state index in [1.54, 1.807) is 6.07 Å². The van der Waals surface area contributed by atoms with E-state index in [0.29, 0.717) is 18.4 Å². The molecule has 1 aromatic rings. The van der Waals surface area contributed by atoms with Crippen LogP contribution in [-0.4, -0.2) is 12.3 Å². The number of rotatable bonds is 1. The zero-order chi connectivity index (χ0) is 15.1. The highest BCUT2D eigenvalue weighted by molar-refractivity contribution is 6.07. The van der Waals surface area contributed by atoms with Crippen molar-refractivity contribution in [1.82, 2.24) is 0 Å². The van der Waals surface area contributed by atoms with Crippen molar-refractivity contribution >= 4 is 11.6 Å². The van der Waals surface area contributed by atoms with E-state index in [9.17, 15) is 18.0 Å². The summed E-state index contributed by atoms with van der Waals surface area (Å²) in [5.74, 6) is -0.521. The molecule has 1 saturated carbocycles. The van der Waals surface area contributed by atoms with Gasteiger partial charge >= 0.3 is 6.36 Å². The van der Waals surface area contributed by atoms with Crippen molar-refractivity contribution in [2.75, 3.05) is 5.32 Å². The van der Waals surface area contributed by atoms with Gasteiger partial charge in [0.1, 0.15) is 0 Å². The zero-order valence-electron chi connectivity index (χ0n) is 11.4. The van der Waals surface area contributed by atoms with Gasteiger partial charge in [0.15, 0.2) is 5.75 Å². The number of benzene rings is 1. The second kappa shape index (κ2) is 4.93. The largest absolute Gasteiger partial charge is 0.573 e. The number of para-hydroxylation sites is 1. The highest BCUT2D eigenvalue weighted by Gasteiger charge is 2.48. The summed E-state index contributed by atoms with van der Waals surface area (Å²) in [5, 5.41) is 2.61. The fraction of sp³-hybridized carbons (Fsp3) is 0.533. The van der Waals surface area contributed by atoms with Crippen molar-refractivity contribution in [2.24, 2.45) is 0 Å². The molecule has 1 fully saturated rings. The topological polar surface area (TPSA) is 38.3 Å². The molecule has 0 radical (unpaired) electrons. The first-order valence-electron chi connectivity index (χ1n) is 7.13. The van der Waals surface area contributed by atoms with Crippen LogP contribution in [0, 0.1) is 0 Å². The molecule has 1 N–H and O–H groups in total. The Kier molecular flexibility index (Phi) is 3.34. The summed E-state index contributed by atoms with van der Waals surface area (Å²) in [7, 11) is 0. The lowest BCUT2D eigenvalue weighted by Gasteiger charge is -2.25. The summed E-state index contributed by atoms with van der Waals surface area (Å²) < 4.78 is 41.5. The van der Waals surface area contributed by atoms with Crippen LogP contribution in [0.5, 0.6) is 5.75 Å². The van der Waals surface area contributed by atoms with Crippen LogP contribution in [-0.2, 0) is 10.2 Å². The van der Waals surface area contributed by atoms with Gasteiger partial charge in [-0.2, -0.15) is 0 Å². The Labute approximate surface area is 120 Å². The Morgan fingerprint density at radius 2 is 1.76 bits per heavy atom. The van der Waals surface area contributed by atoms with E-state index in [4.69, 9.17) is 0 Å². The van der Waals surface area contributed by atoms with Crippen molar-refractivity contribution in [3.8, 4) is 5.75 Å². The second-order valence-corrected chi connectivity index (χ2v) is 5.68. The van der Waals surface area contributed by atoms with Crippen LogP contribution in [0.25, 0.3) is 0 Å². The molecule has 3 nitrogen and oxygen atoms in total. The Morgan fingerprint density at radius 1 is 1.10 bits per heavy atom. The van der Waals surface area contributed by atoms with Crippen LogP contribution in [0.3, 0.4) is 0 Å². The molecule has 1 aromatic carbocycles. The first-order chi connectivity index (χ1) is 9.92. The number of carbonyl (C=O) groups excluding carboxylic acids is 1. The van der Waals surface area contributed by atoms with Gasteiger partial charge in [-0.3, -0.25) is 4.79 Å². The summed E-state index contributed by atoms with van der Waals surface area (Å²) in [4.78, 5) is 12.4. The molecular formula is C15H16F3NO2. The molecule has 0 aromatic heterocycles. The normalized spacial score (nSPS) is 20.8. The second-order valence-electron chi connectivity index (χ2n) is 5.68. The molecule has 0 bridgehead atoms. The monoisotopic (exact) mass is 299 g/mol. The SMILES string of the molecule is O=C1Nc2c(OC(F)(F)F)cccc2C12CCCCCC2. The Hall–Kier alpha value is -1.72. The molecule has 1 spiro atoms. The van der Waals surface area contributed by atoms with Gasteiger partial charge in [0.25, 0.3) is 0 Å². The predicted octanol–water partition coefficient (Wildman–Crippen LogP) is 4.13. The molecule has 21 heavy (non-hydrogen) atoms. The molecule has 0 atom stereocenters. The molecule has 3 rings (SSSR count). The first kappa shape index (κ1) is 14.2. The number of carbonyl (C=O) groups is 1. The van der Waals surface area contributed by atoms with Crippen molar-refractivity contribution < 1.29 is 22.7 Å². The summed E-state index contributed by atoms with van der Waals surface area (Å²) in [6, 6.07) is 4.50. The molecule has 1 aliphatic carbocycles. The minimum absolute atomic E-state index is 0.182. The lowest BCUT2D eigenvalue weighted by atomic mass is 9.75. The van der Waals surface area contributed by atoms with Crippen LogP contribution >= 0.6 is 0 Å². The number of fused-ring (bicyclic) bond motifs is 2. The molecule has 1 aliphatic heterocycles. The van der Waals surface area contributed by atoms with Gasteiger partial charge in [-0.1, -0.05) is 37.8 Å². The number of alkyl halides is 3. The molecule has 1 heterocycles. The molecule has 0 unspecified atom stereocenters. The zero-order valence-corrected chi connectivity index (χ0v) is 11.4. The minimum atomic E-state index is -4.76. The Balaban J connectivity index is 2.03. The van der Waals surface area contributed by atoms with Crippen LogP contribution in [0.1, 0.15) is 44.1 Å². The summed E-state index contributed by atoms with van der Waals surface area (Å²) >= 11 is 0. The standard InChI is InChI=1S/C15H16F3NO2/c16-15(17,18)21-11-7-5-6-10-12(11)19-13(20)14(10)8-3-1-2-4-9-14/h5-7H,1-4,8-9H2,(H,19,20). The molecule has 0 saturated heterocycles. The van der Waals surface area contributed by atoms with Crippen molar-refractivity contribution in [2.45, 2.75) is 50.3 Å². The number of halogens is 3. The third-order valence-corrected chi connectivity index (χ3v) is 4.40. The van der Waals surface area contributed by atoms with Gasteiger partial charge in [0.2, 0.25) is 5.91 Å². The molecule has 1 amide bonds. The van der Waals surface area contributed by atoms with Crippen LogP contribution in [0.4, 0.5) is 18.9 Å². The number of anilines is 1. The van der Waals surface area contributed by atoms with Crippen LogP contribution < -0.4 is 10.1 Å². The Bertz CT molecular complexity index is 561. The van der Waals surface area contributed by atoms with Gasteiger partial charge in [0.05, 0.1) is 11.1 Å². The van der Waals surface area contributed by atoms with Crippen LogP contribution in [0.15, 0.2) is 18.2 Å². The van der Waals surface area contributed by atoms with Crippen molar-refractivity contribution in [1.29, 1.82) is 0 Å². The van der Waals surface area contributed by atoms with Gasteiger partial charge < -0.3 is 10.1 Å². The average Bonchev–Trinajstić information content (AvgIpc) is 2.58. The minimum Gasteiger partial charge on any atom is -0.404 e. The number of hydrogen-bond donors (Lipinski definition) is 1. The van der Waals surface area contributed by atoms with Crippen LogP contribution in [0.2, 0.25) is 0 Å². The Morgan fingerprint density at radius 3 is 2.38 bits per heavy atom. The number of ether oxygens (including phenoxy) is 1.